The molecule has 1 amide bonds. The zero-order valence-corrected chi connectivity index (χ0v) is 13.0. The largest absolute Gasteiger partial charge is 0.489 e. The maximum atomic E-state index is 11.6. The molecular weight excluding hydrogens is 286 g/mol. The molecular formula is C16H21NO5. The molecule has 6 heteroatoms. The van der Waals surface area contributed by atoms with Crippen LogP contribution in [0.25, 0.3) is 0 Å². The Morgan fingerprint density at radius 3 is 2.45 bits per heavy atom. The minimum atomic E-state index is -1.02. The Bertz CT molecular complexity index is 558. The zero-order chi connectivity index (χ0) is 16.3. The summed E-state index contributed by atoms with van der Waals surface area (Å²) >= 11 is 0. The van der Waals surface area contributed by atoms with E-state index in [4.69, 9.17) is 14.6 Å². The van der Waals surface area contributed by atoms with Crippen LogP contribution < -0.4 is 10.1 Å². The van der Waals surface area contributed by atoms with Crippen molar-refractivity contribution in [3.63, 3.8) is 0 Å². The van der Waals surface area contributed by atoms with E-state index in [9.17, 15) is 9.59 Å². The number of para-hydroxylation sites is 1. The Morgan fingerprint density at radius 2 is 1.86 bits per heavy atom. The van der Waals surface area contributed by atoms with Crippen molar-refractivity contribution in [1.82, 2.24) is 5.32 Å². The molecule has 1 saturated carbocycles. The Hall–Kier alpha value is -2.24. The Balaban J connectivity index is 1.81. The summed E-state index contributed by atoms with van der Waals surface area (Å²) in [5.74, 6) is -0.658. The lowest BCUT2D eigenvalue weighted by atomic mass is 9.89. The molecule has 1 aromatic rings. The van der Waals surface area contributed by atoms with E-state index >= 15 is 0 Å². The molecule has 0 unspecified atom stereocenters. The molecule has 0 aromatic heterocycles. The minimum absolute atomic E-state index is 0.00293. The summed E-state index contributed by atoms with van der Waals surface area (Å²) in [6.45, 7) is 5.42. The lowest BCUT2D eigenvalue weighted by Gasteiger charge is -2.36. The number of carbonyl (C=O) groups excluding carboxylic acids is 1. The molecule has 0 saturated heterocycles. The molecule has 1 aliphatic rings. The number of carboxylic acid groups (broad SMARTS) is 1. The van der Waals surface area contributed by atoms with Crippen LogP contribution >= 0.6 is 0 Å². The highest BCUT2D eigenvalue weighted by molar-refractivity contribution is 5.90. The van der Waals surface area contributed by atoms with Gasteiger partial charge >= 0.3 is 12.1 Å². The number of hydrogen-bond donors (Lipinski definition) is 2. The Morgan fingerprint density at radius 1 is 1.23 bits per heavy atom. The van der Waals surface area contributed by atoms with Crippen LogP contribution in [-0.2, 0) is 4.74 Å². The van der Waals surface area contributed by atoms with Crippen molar-refractivity contribution in [2.75, 3.05) is 0 Å². The maximum Gasteiger partial charge on any atom is 0.407 e. The molecule has 0 bridgehead atoms. The number of hydrogen-bond acceptors (Lipinski definition) is 4. The molecule has 1 fully saturated rings. The van der Waals surface area contributed by atoms with E-state index in [-0.39, 0.29) is 17.7 Å². The van der Waals surface area contributed by atoms with Gasteiger partial charge in [0.15, 0.2) is 0 Å². The Kier molecular flexibility index (Phi) is 4.59. The highest BCUT2D eigenvalue weighted by atomic mass is 16.6. The van der Waals surface area contributed by atoms with Crippen LogP contribution in [0.5, 0.6) is 5.75 Å². The molecule has 0 heterocycles. The number of rotatable bonds is 4. The van der Waals surface area contributed by atoms with Gasteiger partial charge in [0.2, 0.25) is 0 Å². The molecule has 0 atom stereocenters. The number of nitrogens with one attached hydrogen (secondary N) is 1. The van der Waals surface area contributed by atoms with Crippen LogP contribution in [0.1, 0.15) is 44.0 Å². The highest BCUT2D eigenvalue weighted by Gasteiger charge is 2.33. The molecule has 120 valence electrons. The van der Waals surface area contributed by atoms with Gasteiger partial charge in [-0.05, 0) is 32.9 Å². The van der Waals surface area contributed by atoms with Gasteiger partial charge in [-0.25, -0.2) is 9.59 Å². The predicted molar refractivity (Wildman–Crippen MR) is 80.2 cm³/mol. The van der Waals surface area contributed by atoms with Gasteiger partial charge in [-0.2, -0.15) is 0 Å². The molecule has 2 rings (SSSR count). The average Bonchev–Trinajstić information content (AvgIpc) is 2.34. The van der Waals surface area contributed by atoms with Crippen molar-refractivity contribution < 1.29 is 24.2 Å². The number of aromatic carboxylic acids is 1. The van der Waals surface area contributed by atoms with Gasteiger partial charge in [0.1, 0.15) is 23.0 Å². The third-order valence-electron chi connectivity index (χ3n) is 3.23. The van der Waals surface area contributed by atoms with E-state index < -0.39 is 17.7 Å². The van der Waals surface area contributed by atoms with E-state index in [1.54, 1.807) is 18.2 Å². The number of carbonyl (C=O) groups is 2. The molecule has 1 aromatic carbocycles. The second-order valence-corrected chi connectivity index (χ2v) is 6.36. The molecule has 2 N–H and O–H groups in total. The summed E-state index contributed by atoms with van der Waals surface area (Å²) in [4.78, 5) is 22.7. The fraction of sp³-hybridized carbons (Fsp3) is 0.500. The van der Waals surface area contributed by atoms with Crippen molar-refractivity contribution in [2.24, 2.45) is 0 Å². The summed E-state index contributed by atoms with van der Waals surface area (Å²) in [6.07, 6.45) is 0.725. The lowest BCUT2D eigenvalue weighted by molar-refractivity contribution is 0.0360. The minimum Gasteiger partial charge on any atom is -0.489 e. The van der Waals surface area contributed by atoms with Crippen LogP contribution in [0.2, 0.25) is 0 Å². The summed E-state index contributed by atoms with van der Waals surface area (Å²) in [5.41, 5.74) is -0.379. The summed E-state index contributed by atoms with van der Waals surface area (Å²) < 4.78 is 10.9. The summed E-state index contributed by atoms with van der Waals surface area (Å²) in [7, 11) is 0. The molecule has 6 nitrogen and oxygen atoms in total. The number of ether oxygens (including phenoxy) is 2. The van der Waals surface area contributed by atoms with Crippen LogP contribution in [0.15, 0.2) is 24.3 Å². The van der Waals surface area contributed by atoms with E-state index in [1.165, 1.54) is 6.07 Å². The van der Waals surface area contributed by atoms with Gasteiger partial charge in [0.05, 0.1) is 0 Å². The van der Waals surface area contributed by atoms with Gasteiger partial charge in [-0.3, -0.25) is 0 Å². The van der Waals surface area contributed by atoms with Gasteiger partial charge < -0.3 is 19.9 Å². The quantitative estimate of drug-likeness (QED) is 0.893. The normalized spacial score (nSPS) is 20.7. The van der Waals surface area contributed by atoms with Crippen LogP contribution in [0, 0.1) is 0 Å². The van der Waals surface area contributed by atoms with Crippen molar-refractivity contribution in [3.8, 4) is 5.75 Å². The van der Waals surface area contributed by atoms with E-state index in [0.717, 1.165) is 0 Å². The second-order valence-electron chi connectivity index (χ2n) is 6.36. The fourth-order valence-electron chi connectivity index (χ4n) is 2.18. The van der Waals surface area contributed by atoms with E-state index in [2.05, 4.69) is 5.32 Å². The molecule has 1 aliphatic carbocycles. The number of benzene rings is 1. The van der Waals surface area contributed by atoms with Gasteiger partial charge in [-0.15, -0.1) is 0 Å². The van der Waals surface area contributed by atoms with Crippen molar-refractivity contribution >= 4 is 12.1 Å². The molecule has 22 heavy (non-hydrogen) atoms. The van der Waals surface area contributed by atoms with Gasteiger partial charge in [0.25, 0.3) is 0 Å². The zero-order valence-electron chi connectivity index (χ0n) is 13.0. The third-order valence-corrected chi connectivity index (χ3v) is 3.23. The summed E-state index contributed by atoms with van der Waals surface area (Å²) in [6, 6.07) is 6.53. The number of amides is 1. The highest BCUT2D eigenvalue weighted by Crippen LogP contribution is 2.28. The average molecular weight is 307 g/mol. The first-order valence-corrected chi connectivity index (χ1v) is 7.23. The van der Waals surface area contributed by atoms with Crippen molar-refractivity contribution in [1.29, 1.82) is 0 Å². The predicted octanol–water partition coefficient (Wildman–Crippen LogP) is 2.82. The first-order chi connectivity index (χ1) is 10.2. The first kappa shape index (κ1) is 16.1. The lowest BCUT2D eigenvalue weighted by Crippen LogP contribution is -2.50. The number of carboxylic acids is 1. The first-order valence-electron chi connectivity index (χ1n) is 7.23. The van der Waals surface area contributed by atoms with Gasteiger partial charge in [-0.1, -0.05) is 12.1 Å². The van der Waals surface area contributed by atoms with Crippen molar-refractivity contribution in [3.05, 3.63) is 29.8 Å². The standard InChI is InChI=1S/C16H21NO5/c1-16(2,3)22-15(20)17-10-8-11(9-10)21-13-7-5-4-6-12(13)14(18)19/h4-7,10-11H,8-9H2,1-3H3,(H,17,20)(H,18,19)/t10-,11+. The van der Waals surface area contributed by atoms with Crippen molar-refractivity contribution in [2.45, 2.75) is 51.4 Å². The fourth-order valence-corrected chi connectivity index (χ4v) is 2.18. The third kappa shape index (κ3) is 4.38. The molecule has 0 spiro atoms. The smallest absolute Gasteiger partial charge is 0.407 e. The second kappa shape index (κ2) is 6.25. The maximum absolute atomic E-state index is 11.6. The van der Waals surface area contributed by atoms with Crippen LogP contribution in [0.4, 0.5) is 4.79 Å². The van der Waals surface area contributed by atoms with Crippen LogP contribution in [0.3, 0.4) is 0 Å². The number of alkyl carbamates (subject to hydrolysis) is 1. The van der Waals surface area contributed by atoms with E-state index in [0.29, 0.717) is 18.6 Å². The van der Waals surface area contributed by atoms with E-state index in [1.807, 2.05) is 20.8 Å². The summed E-state index contributed by atoms with van der Waals surface area (Å²) in [5, 5.41) is 11.9. The van der Waals surface area contributed by atoms with Crippen LogP contribution in [-0.4, -0.2) is 34.9 Å². The Labute approximate surface area is 129 Å². The monoisotopic (exact) mass is 307 g/mol. The SMILES string of the molecule is CC(C)(C)OC(=O)N[C@H]1C[C@@H](Oc2ccccc2C(=O)O)C1. The topological polar surface area (TPSA) is 84.9 Å². The molecule has 0 aliphatic heterocycles. The molecule has 0 radical (unpaired) electrons. The van der Waals surface area contributed by atoms with Gasteiger partial charge in [0, 0.05) is 18.9 Å².